The highest BCUT2D eigenvalue weighted by molar-refractivity contribution is 9.10. The second kappa shape index (κ2) is 6.03. The third-order valence-corrected chi connectivity index (χ3v) is 5.17. The molecule has 0 saturated heterocycles. The highest BCUT2D eigenvalue weighted by atomic mass is 79.9. The normalized spacial score (nSPS) is 10.8. The number of benzene rings is 1. The summed E-state index contributed by atoms with van der Waals surface area (Å²) in [7, 11) is 0. The first kappa shape index (κ1) is 13.7. The van der Waals surface area contributed by atoms with Crippen LogP contribution in [0.5, 0.6) is 0 Å². The van der Waals surface area contributed by atoms with Crippen molar-refractivity contribution in [3.63, 3.8) is 0 Å². The molecule has 3 nitrogen and oxygen atoms in total. The van der Waals surface area contributed by atoms with Gasteiger partial charge < -0.3 is 10.3 Å². The molecule has 0 radical (unpaired) electrons. The summed E-state index contributed by atoms with van der Waals surface area (Å²) in [6.07, 6.45) is 0. The number of nitrogens with two attached hydrogens (primary N) is 1. The zero-order valence-electron chi connectivity index (χ0n) is 10.4. The third-order valence-electron chi connectivity index (χ3n) is 2.67. The average Bonchev–Trinajstić information content (AvgIpc) is 3.08. The molecule has 20 heavy (non-hydrogen) atoms. The number of rotatable bonds is 4. The molecular formula is C14H11BrN2OS2. The van der Waals surface area contributed by atoms with Gasteiger partial charge in [0.15, 0.2) is 5.76 Å². The highest BCUT2D eigenvalue weighted by Gasteiger charge is 2.09. The first-order chi connectivity index (χ1) is 9.72. The molecule has 2 aromatic heterocycles. The molecule has 0 aliphatic rings. The molecule has 6 heteroatoms. The summed E-state index contributed by atoms with van der Waals surface area (Å²) in [5.41, 5.74) is 7.66. The van der Waals surface area contributed by atoms with Crippen LogP contribution in [0.25, 0.3) is 10.6 Å². The molecule has 102 valence electrons. The Labute approximate surface area is 133 Å². The SMILES string of the molecule is Nc1cc(Br)ccc1SCc1cc(-c2cccs2)on1. The van der Waals surface area contributed by atoms with Crippen molar-refractivity contribution in [2.24, 2.45) is 0 Å². The molecule has 3 aromatic rings. The Morgan fingerprint density at radius 3 is 2.95 bits per heavy atom. The van der Waals surface area contributed by atoms with Crippen LogP contribution in [-0.4, -0.2) is 5.16 Å². The van der Waals surface area contributed by atoms with Gasteiger partial charge in [0.05, 0.1) is 10.6 Å². The minimum Gasteiger partial charge on any atom is -0.398 e. The lowest BCUT2D eigenvalue weighted by Crippen LogP contribution is -1.89. The molecule has 0 saturated carbocycles. The van der Waals surface area contributed by atoms with Crippen molar-refractivity contribution in [1.82, 2.24) is 5.16 Å². The number of thiophene rings is 1. The van der Waals surface area contributed by atoms with Crippen LogP contribution in [-0.2, 0) is 5.75 Å². The van der Waals surface area contributed by atoms with Gasteiger partial charge in [0.25, 0.3) is 0 Å². The fraction of sp³-hybridized carbons (Fsp3) is 0.0714. The number of hydrogen-bond donors (Lipinski definition) is 1. The lowest BCUT2D eigenvalue weighted by atomic mass is 10.3. The van der Waals surface area contributed by atoms with Crippen LogP contribution in [0.15, 0.2) is 55.7 Å². The number of anilines is 1. The van der Waals surface area contributed by atoms with E-state index in [9.17, 15) is 0 Å². The van der Waals surface area contributed by atoms with E-state index in [1.54, 1.807) is 23.1 Å². The molecule has 0 spiro atoms. The number of nitrogen functional groups attached to an aromatic ring is 1. The Balaban J connectivity index is 1.70. The van der Waals surface area contributed by atoms with Crippen molar-refractivity contribution < 1.29 is 4.52 Å². The van der Waals surface area contributed by atoms with E-state index in [0.29, 0.717) is 0 Å². The van der Waals surface area contributed by atoms with E-state index in [1.807, 2.05) is 41.8 Å². The van der Waals surface area contributed by atoms with E-state index in [2.05, 4.69) is 21.1 Å². The maximum Gasteiger partial charge on any atom is 0.177 e. The van der Waals surface area contributed by atoms with E-state index in [-0.39, 0.29) is 0 Å². The van der Waals surface area contributed by atoms with E-state index in [4.69, 9.17) is 10.3 Å². The van der Waals surface area contributed by atoms with Crippen LogP contribution < -0.4 is 5.73 Å². The summed E-state index contributed by atoms with van der Waals surface area (Å²) < 4.78 is 6.34. The predicted octanol–water partition coefficient (Wildman–Crippen LogP) is 5.04. The molecule has 3 rings (SSSR count). The van der Waals surface area contributed by atoms with Gasteiger partial charge in [-0.1, -0.05) is 27.2 Å². The highest BCUT2D eigenvalue weighted by Crippen LogP contribution is 2.31. The first-order valence-electron chi connectivity index (χ1n) is 5.89. The Morgan fingerprint density at radius 1 is 1.30 bits per heavy atom. The molecule has 0 bridgehead atoms. The quantitative estimate of drug-likeness (QED) is 0.518. The van der Waals surface area contributed by atoms with Gasteiger partial charge in [-0.2, -0.15) is 0 Å². The minimum atomic E-state index is 0.737. The topological polar surface area (TPSA) is 52.0 Å². The predicted molar refractivity (Wildman–Crippen MR) is 87.9 cm³/mol. The molecule has 0 aliphatic carbocycles. The van der Waals surface area contributed by atoms with Crippen molar-refractivity contribution in [3.05, 3.63) is 51.9 Å². The molecule has 0 amide bonds. The Kier molecular flexibility index (Phi) is 4.14. The summed E-state index contributed by atoms with van der Waals surface area (Å²) >= 11 is 6.70. The summed E-state index contributed by atoms with van der Waals surface area (Å²) in [5, 5.41) is 6.12. The van der Waals surface area contributed by atoms with Gasteiger partial charge in [0.2, 0.25) is 0 Å². The van der Waals surface area contributed by atoms with Gasteiger partial charge in [0.1, 0.15) is 0 Å². The molecule has 0 unspecified atom stereocenters. The zero-order valence-corrected chi connectivity index (χ0v) is 13.6. The Bertz CT molecular complexity index is 710. The standard InChI is InChI=1S/C14H11BrN2OS2/c15-9-3-4-13(11(16)6-9)20-8-10-7-12(18-17-10)14-2-1-5-19-14/h1-7H,8,16H2. The molecule has 2 heterocycles. The lowest BCUT2D eigenvalue weighted by Gasteiger charge is -2.03. The summed E-state index contributed by atoms with van der Waals surface area (Å²) in [4.78, 5) is 2.14. The number of nitrogens with zero attached hydrogens (tertiary/aromatic N) is 1. The summed E-state index contributed by atoms with van der Waals surface area (Å²) in [6, 6.07) is 11.9. The maximum absolute atomic E-state index is 5.97. The van der Waals surface area contributed by atoms with Gasteiger partial charge in [-0.25, -0.2) is 0 Å². The van der Waals surface area contributed by atoms with E-state index < -0.39 is 0 Å². The van der Waals surface area contributed by atoms with Gasteiger partial charge in [-0.3, -0.25) is 0 Å². The van der Waals surface area contributed by atoms with Crippen LogP contribution in [0, 0.1) is 0 Å². The summed E-state index contributed by atoms with van der Waals surface area (Å²) in [5.74, 6) is 1.56. The molecule has 0 aliphatic heterocycles. The third kappa shape index (κ3) is 3.08. The average molecular weight is 367 g/mol. The molecule has 0 fully saturated rings. The van der Waals surface area contributed by atoms with Gasteiger partial charge in [-0.15, -0.1) is 23.1 Å². The molecular weight excluding hydrogens is 356 g/mol. The van der Waals surface area contributed by atoms with Gasteiger partial charge in [0, 0.05) is 26.9 Å². The number of hydrogen-bond acceptors (Lipinski definition) is 5. The van der Waals surface area contributed by atoms with Crippen molar-refractivity contribution in [3.8, 4) is 10.6 Å². The van der Waals surface area contributed by atoms with Crippen LogP contribution >= 0.6 is 39.0 Å². The molecule has 1 aromatic carbocycles. The van der Waals surface area contributed by atoms with Crippen LogP contribution in [0.4, 0.5) is 5.69 Å². The number of halogens is 1. The molecule has 2 N–H and O–H groups in total. The van der Waals surface area contributed by atoms with Crippen LogP contribution in [0.1, 0.15) is 5.69 Å². The number of thioether (sulfide) groups is 1. The first-order valence-corrected chi connectivity index (χ1v) is 8.55. The Hall–Kier alpha value is -1.24. The Morgan fingerprint density at radius 2 is 2.20 bits per heavy atom. The van der Waals surface area contributed by atoms with Crippen molar-refractivity contribution in [1.29, 1.82) is 0 Å². The van der Waals surface area contributed by atoms with Gasteiger partial charge in [-0.05, 0) is 29.6 Å². The minimum absolute atomic E-state index is 0.737. The molecule has 0 atom stereocenters. The van der Waals surface area contributed by atoms with Crippen LogP contribution in [0.3, 0.4) is 0 Å². The second-order valence-corrected chi connectivity index (χ2v) is 7.01. The van der Waals surface area contributed by atoms with E-state index >= 15 is 0 Å². The fourth-order valence-corrected chi connectivity index (χ4v) is 3.60. The van der Waals surface area contributed by atoms with Crippen LogP contribution in [0.2, 0.25) is 0 Å². The zero-order chi connectivity index (χ0) is 13.9. The van der Waals surface area contributed by atoms with Crippen molar-refractivity contribution in [2.45, 2.75) is 10.6 Å². The van der Waals surface area contributed by atoms with Gasteiger partial charge >= 0.3 is 0 Å². The summed E-state index contributed by atoms with van der Waals surface area (Å²) in [6.45, 7) is 0. The van der Waals surface area contributed by atoms with Crippen molar-refractivity contribution >= 4 is 44.7 Å². The lowest BCUT2D eigenvalue weighted by molar-refractivity contribution is 0.427. The van der Waals surface area contributed by atoms with Crippen molar-refractivity contribution in [2.75, 3.05) is 5.73 Å². The largest absolute Gasteiger partial charge is 0.398 e. The maximum atomic E-state index is 5.97. The number of aromatic nitrogens is 1. The second-order valence-electron chi connectivity index (χ2n) is 4.13. The van der Waals surface area contributed by atoms with E-state index in [1.165, 1.54) is 0 Å². The smallest absolute Gasteiger partial charge is 0.177 e. The van der Waals surface area contributed by atoms with E-state index in [0.717, 1.165) is 37.1 Å². The fourth-order valence-electron chi connectivity index (χ4n) is 1.72. The monoisotopic (exact) mass is 366 g/mol.